The molecule has 0 spiro atoms. The van der Waals surface area contributed by atoms with Gasteiger partial charge in [-0.2, -0.15) is 0 Å². The Labute approximate surface area is 69.8 Å². The van der Waals surface area contributed by atoms with Gasteiger partial charge < -0.3 is 10.6 Å². The number of hydrogen-bond donors (Lipinski definition) is 1. The van der Waals surface area contributed by atoms with Gasteiger partial charge in [-0.25, -0.2) is 0 Å². The molecule has 1 heterocycles. The van der Waals surface area contributed by atoms with Crippen LogP contribution in [-0.2, 0) is 0 Å². The van der Waals surface area contributed by atoms with E-state index in [0.29, 0.717) is 18.0 Å². The van der Waals surface area contributed by atoms with E-state index < -0.39 is 0 Å². The molecule has 1 saturated heterocycles. The highest BCUT2D eigenvalue weighted by Crippen LogP contribution is 2.21. The quantitative estimate of drug-likeness (QED) is 0.615. The number of rotatable bonds is 1. The largest absolute Gasteiger partial charge is 0.327 e. The van der Waals surface area contributed by atoms with Gasteiger partial charge in [0.05, 0.1) is 0 Å². The van der Waals surface area contributed by atoms with Gasteiger partial charge in [0.1, 0.15) is 0 Å². The fourth-order valence-electron chi connectivity index (χ4n) is 1.92. The Bertz CT molecular complexity index is 123. The van der Waals surface area contributed by atoms with Crippen LogP contribution in [0, 0.1) is 5.92 Å². The lowest BCUT2D eigenvalue weighted by molar-refractivity contribution is 0.104. The molecule has 0 aromatic carbocycles. The van der Waals surface area contributed by atoms with Crippen molar-refractivity contribution in [2.24, 2.45) is 11.7 Å². The van der Waals surface area contributed by atoms with Crippen LogP contribution in [0.5, 0.6) is 0 Å². The van der Waals surface area contributed by atoms with Crippen LogP contribution in [-0.4, -0.2) is 30.1 Å². The number of piperidine rings is 1. The maximum Gasteiger partial charge on any atom is 0.0107 e. The highest BCUT2D eigenvalue weighted by molar-refractivity contribution is 4.85. The Kier molecular flexibility index (Phi) is 2.90. The van der Waals surface area contributed by atoms with Crippen molar-refractivity contribution < 1.29 is 0 Å². The maximum atomic E-state index is 5.96. The van der Waals surface area contributed by atoms with Crippen molar-refractivity contribution in [2.75, 3.05) is 13.1 Å². The summed E-state index contributed by atoms with van der Waals surface area (Å²) in [6.07, 6.45) is 1.17. The van der Waals surface area contributed by atoms with E-state index >= 15 is 0 Å². The predicted octanol–water partition coefficient (Wildman–Crippen LogP) is 1.06. The monoisotopic (exact) mass is 156 g/mol. The van der Waals surface area contributed by atoms with Crippen LogP contribution < -0.4 is 5.73 Å². The van der Waals surface area contributed by atoms with E-state index in [2.05, 4.69) is 25.7 Å². The van der Waals surface area contributed by atoms with Crippen LogP contribution in [0.1, 0.15) is 27.2 Å². The molecule has 0 aromatic rings. The Morgan fingerprint density at radius 3 is 2.64 bits per heavy atom. The molecule has 3 unspecified atom stereocenters. The summed E-state index contributed by atoms with van der Waals surface area (Å²) < 4.78 is 0. The van der Waals surface area contributed by atoms with E-state index in [4.69, 9.17) is 5.73 Å². The molecule has 0 bridgehead atoms. The Morgan fingerprint density at radius 1 is 1.45 bits per heavy atom. The number of likely N-dealkylation sites (tertiary alicyclic amines) is 1. The van der Waals surface area contributed by atoms with Gasteiger partial charge in [-0.15, -0.1) is 0 Å². The van der Waals surface area contributed by atoms with Gasteiger partial charge in [0.25, 0.3) is 0 Å². The normalized spacial score (nSPS) is 40.9. The predicted molar refractivity (Wildman–Crippen MR) is 48.5 cm³/mol. The molecule has 0 saturated carbocycles. The maximum absolute atomic E-state index is 5.96. The molecule has 0 aromatic heterocycles. The minimum atomic E-state index is 0.424. The summed E-state index contributed by atoms with van der Waals surface area (Å²) in [5.41, 5.74) is 5.96. The van der Waals surface area contributed by atoms with E-state index in [1.807, 2.05) is 0 Å². The van der Waals surface area contributed by atoms with Gasteiger partial charge in [0, 0.05) is 12.1 Å². The lowest BCUT2D eigenvalue weighted by Gasteiger charge is -2.40. The van der Waals surface area contributed by atoms with Crippen molar-refractivity contribution in [3.8, 4) is 0 Å². The summed E-state index contributed by atoms with van der Waals surface area (Å²) in [5, 5.41) is 0. The van der Waals surface area contributed by atoms with Gasteiger partial charge in [-0.05, 0) is 32.4 Å². The molecule has 66 valence electrons. The Hall–Kier alpha value is -0.0800. The van der Waals surface area contributed by atoms with E-state index in [1.165, 1.54) is 13.0 Å². The first-order valence-corrected chi connectivity index (χ1v) is 4.66. The second kappa shape index (κ2) is 3.55. The summed E-state index contributed by atoms with van der Waals surface area (Å²) in [6.45, 7) is 9.12. The molecule has 3 atom stereocenters. The fraction of sp³-hybridized carbons (Fsp3) is 1.00. The van der Waals surface area contributed by atoms with Crippen LogP contribution in [0.25, 0.3) is 0 Å². The van der Waals surface area contributed by atoms with Gasteiger partial charge >= 0.3 is 0 Å². The molecule has 1 fully saturated rings. The summed E-state index contributed by atoms with van der Waals surface area (Å²) in [6, 6.07) is 1.09. The topological polar surface area (TPSA) is 29.3 Å². The zero-order valence-electron chi connectivity index (χ0n) is 7.88. The molecule has 0 aliphatic carbocycles. The molecule has 0 radical (unpaired) electrons. The third-order valence-corrected chi connectivity index (χ3v) is 3.17. The van der Waals surface area contributed by atoms with Gasteiger partial charge in [-0.3, -0.25) is 0 Å². The van der Waals surface area contributed by atoms with Crippen molar-refractivity contribution in [1.29, 1.82) is 0 Å². The van der Waals surface area contributed by atoms with Crippen LogP contribution in [0.2, 0.25) is 0 Å². The summed E-state index contributed by atoms with van der Waals surface area (Å²) in [5.74, 6) is 0.656. The molecule has 0 amide bonds. The van der Waals surface area contributed by atoms with Crippen molar-refractivity contribution in [2.45, 2.75) is 39.3 Å². The van der Waals surface area contributed by atoms with Gasteiger partial charge in [0.2, 0.25) is 0 Å². The lowest BCUT2D eigenvalue weighted by Crippen LogP contribution is -2.51. The first kappa shape index (κ1) is 9.01. The molecule has 1 aliphatic rings. The molecular formula is C9H20N2. The van der Waals surface area contributed by atoms with Crippen LogP contribution in [0.4, 0.5) is 0 Å². The third kappa shape index (κ3) is 1.74. The third-order valence-electron chi connectivity index (χ3n) is 3.17. The average molecular weight is 156 g/mol. The van der Waals surface area contributed by atoms with E-state index in [-0.39, 0.29) is 0 Å². The Balaban J connectivity index is 2.52. The van der Waals surface area contributed by atoms with Gasteiger partial charge in [-0.1, -0.05) is 13.8 Å². The van der Waals surface area contributed by atoms with E-state index in [0.717, 1.165) is 6.54 Å². The SMILES string of the molecule is CCN1CCC(N)C(C)C1C. The summed E-state index contributed by atoms with van der Waals surface area (Å²) >= 11 is 0. The van der Waals surface area contributed by atoms with Crippen molar-refractivity contribution >= 4 is 0 Å². The first-order valence-electron chi connectivity index (χ1n) is 4.66. The number of hydrogen-bond acceptors (Lipinski definition) is 2. The minimum absolute atomic E-state index is 0.424. The second-order valence-electron chi connectivity index (χ2n) is 3.68. The second-order valence-corrected chi connectivity index (χ2v) is 3.68. The van der Waals surface area contributed by atoms with Crippen molar-refractivity contribution in [3.63, 3.8) is 0 Å². The van der Waals surface area contributed by atoms with Gasteiger partial charge in [0.15, 0.2) is 0 Å². The standard InChI is InChI=1S/C9H20N2/c1-4-11-6-5-9(10)7(2)8(11)3/h7-9H,4-6,10H2,1-3H3. The summed E-state index contributed by atoms with van der Waals surface area (Å²) in [4.78, 5) is 2.51. The Morgan fingerprint density at radius 2 is 2.09 bits per heavy atom. The first-order chi connectivity index (χ1) is 5.16. The van der Waals surface area contributed by atoms with Crippen LogP contribution in [0.3, 0.4) is 0 Å². The molecule has 2 N–H and O–H groups in total. The number of nitrogens with zero attached hydrogens (tertiary/aromatic N) is 1. The number of nitrogens with two attached hydrogens (primary N) is 1. The molecule has 11 heavy (non-hydrogen) atoms. The van der Waals surface area contributed by atoms with E-state index in [1.54, 1.807) is 0 Å². The van der Waals surface area contributed by atoms with Crippen molar-refractivity contribution in [3.05, 3.63) is 0 Å². The zero-order chi connectivity index (χ0) is 8.43. The molecule has 2 nitrogen and oxygen atoms in total. The minimum Gasteiger partial charge on any atom is -0.327 e. The highest BCUT2D eigenvalue weighted by atomic mass is 15.2. The summed E-state index contributed by atoms with van der Waals surface area (Å²) in [7, 11) is 0. The molecule has 1 rings (SSSR count). The average Bonchev–Trinajstić information content (AvgIpc) is 2.01. The fourth-order valence-corrected chi connectivity index (χ4v) is 1.92. The zero-order valence-corrected chi connectivity index (χ0v) is 7.88. The van der Waals surface area contributed by atoms with Crippen LogP contribution >= 0.6 is 0 Å². The smallest absolute Gasteiger partial charge is 0.0107 e. The van der Waals surface area contributed by atoms with Crippen LogP contribution in [0.15, 0.2) is 0 Å². The lowest BCUT2D eigenvalue weighted by atomic mass is 9.88. The van der Waals surface area contributed by atoms with E-state index in [9.17, 15) is 0 Å². The molecular weight excluding hydrogens is 136 g/mol. The molecule has 2 heteroatoms. The van der Waals surface area contributed by atoms with Crippen molar-refractivity contribution in [1.82, 2.24) is 4.90 Å². The molecule has 1 aliphatic heterocycles. The highest BCUT2D eigenvalue weighted by Gasteiger charge is 2.28.